The van der Waals surface area contributed by atoms with Crippen molar-refractivity contribution in [2.45, 2.75) is 6.92 Å². The van der Waals surface area contributed by atoms with Crippen molar-refractivity contribution in [2.24, 2.45) is 0 Å². The summed E-state index contributed by atoms with van der Waals surface area (Å²) < 4.78 is 10.7. The molecule has 0 spiro atoms. The van der Waals surface area contributed by atoms with E-state index in [9.17, 15) is 19.7 Å². The number of non-ortho nitro benzene ring substituents is 1. The Hall–Kier alpha value is -4.66. The van der Waals surface area contributed by atoms with Gasteiger partial charge in [-0.1, -0.05) is 18.2 Å². The number of hydrogen-bond acceptors (Lipinski definition) is 7. The van der Waals surface area contributed by atoms with Gasteiger partial charge in [0.15, 0.2) is 11.5 Å². The molecule has 3 aromatic rings. The maximum atomic E-state index is 13.5. The van der Waals surface area contributed by atoms with Gasteiger partial charge in [0.05, 0.1) is 16.2 Å². The molecule has 0 saturated carbocycles. The highest BCUT2D eigenvalue weighted by Crippen LogP contribution is 2.38. The number of para-hydroxylation sites is 1. The molecule has 33 heavy (non-hydrogen) atoms. The molecular weight excluding hydrogens is 426 g/mol. The Kier molecular flexibility index (Phi) is 4.78. The number of nitrogens with one attached hydrogen (secondary N) is 1. The van der Waals surface area contributed by atoms with E-state index in [0.717, 1.165) is 10.5 Å². The predicted molar refractivity (Wildman–Crippen MR) is 120 cm³/mol. The lowest BCUT2D eigenvalue weighted by Gasteiger charge is -2.17. The van der Waals surface area contributed by atoms with Crippen LogP contribution in [-0.4, -0.2) is 23.5 Å². The van der Waals surface area contributed by atoms with E-state index in [2.05, 4.69) is 5.32 Å². The lowest BCUT2D eigenvalue weighted by atomic mass is 10.0. The van der Waals surface area contributed by atoms with Crippen molar-refractivity contribution in [3.05, 3.63) is 93.7 Å². The van der Waals surface area contributed by atoms with Crippen molar-refractivity contribution < 1.29 is 24.0 Å². The van der Waals surface area contributed by atoms with E-state index in [1.54, 1.807) is 30.3 Å². The van der Waals surface area contributed by atoms with Crippen LogP contribution in [0.5, 0.6) is 11.5 Å². The van der Waals surface area contributed by atoms with Gasteiger partial charge in [-0.2, -0.15) is 0 Å². The van der Waals surface area contributed by atoms with Crippen molar-refractivity contribution in [1.82, 2.24) is 0 Å². The fourth-order valence-corrected chi connectivity index (χ4v) is 3.82. The molecule has 0 fully saturated rings. The zero-order chi connectivity index (χ0) is 23.1. The third kappa shape index (κ3) is 3.45. The van der Waals surface area contributed by atoms with Crippen LogP contribution in [-0.2, 0) is 9.59 Å². The van der Waals surface area contributed by atoms with Crippen molar-refractivity contribution >= 4 is 34.4 Å². The first-order valence-electron chi connectivity index (χ1n) is 10.0. The number of fused-ring (bicyclic) bond motifs is 1. The number of benzene rings is 3. The number of carbonyl (C=O) groups excluding carboxylic acids is 2. The van der Waals surface area contributed by atoms with Crippen LogP contribution in [0.25, 0.3) is 5.57 Å². The maximum absolute atomic E-state index is 13.5. The minimum Gasteiger partial charge on any atom is -0.454 e. The summed E-state index contributed by atoms with van der Waals surface area (Å²) in [5.74, 6) is 0.0530. The van der Waals surface area contributed by atoms with Crippen LogP contribution in [0, 0.1) is 17.0 Å². The second kappa shape index (κ2) is 7.79. The summed E-state index contributed by atoms with van der Waals surface area (Å²) in [5.41, 5.74) is 2.21. The highest BCUT2D eigenvalue weighted by Gasteiger charge is 2.41. The lowest BCUT2D eigenvalue weighted by molar-refractivity contribution is -0.384. The number of nitro benzene ring substituents is 1. The molecule has 3 aromatic carbocycles. The van der Waals surface area contributed by atoms with E-state index in [-0.39, 0.29) is 23.8 Å². The molecule has 2 aliphatic rings. The van der Waals surface area contributed by atoms with Gasteiger partial charge in [-0.25, -0.2) is 4.90 Å². The van der Waals surface area contributed by atoms with Crippen molar-refractivity contribution in [1.29, 1.82) is 0 Å². The lowest BCUT2D eigenvalue weighted by Crippen LogP contribution is -2.33. The van der Waals surface area contributed by atoms with Crippen LogP contribution in [0.3, 0.4) is 0 Å². The van der Waals surface area contributed by atoms with Crippen LogP contribution in [0.15, 0.2) is 72.4 Å². The topological polar surface area (TPSA) is 111 Å². The van der Waals surface area contributed by atoms with Gasteiger partial charge < -0.3 is 14.8 Å². The predicted octanol–water partition coefficient (Wildman–Crippen LogP) is 4.03. The first-order chi connectivity index (χ1) is 15.9. The van der Waals surface area contributed by atoms with Gasteiger partial charge in [0.25, 0.3) is 17.5 Å². The van der Waals surface area contributed by atoms with Gasteiger partial charge in [0.2, 0.25) is 6.79 Å². The number of amides is 2. The van der Waals surface area contributed by atoms with E-state index in [1.807, 2.05) is 19.1 Å². The normalized spacial score (nSPS) is 14.8. The van der Waals surface area contributed by atoms with Crippen LogP contribution < -0.4 is 19.7 Å². The molecule has 2 heterocycles. The molecule has 9 nitrogen and oxygen atoms in total. The molecule has 0 aromatic heterocycles. The van der Waals surface area contributed by atoms with E-state index in [1.165, 1.54) is 24.3 Å². The summed E-state index contributed by atoms with van der Waals surface area (Å²) in [6.07, 6.45) is 0. The maximum Gasteiger partial charge on any atom is 0.282 e. The average molecular weight is 443 g/mol. The average Bonchev–Trinajstić information content (AvgIpc) is 3.37. The van der Waals surface area contributed by atoms with Crippen molar-refractivity contribution in [3.63, 3.8) is 0 Å². The number of ether oxygens (including phenoxy) is 2. The Labute approximate surface area is 188 Å². The van der Waals surface area contributed by atoms with Gasteiger partial charge in [-0.15, -0.1) is 0 Å². The minimum atomic E-state index is -0.527. The number of nitrogens with zero attached hydrogens (tertiary/aromatic N) is 2. The minimum absolute atomic E-state index is 0.0657. The molecule has 0 atom stereocenters. The first kappa shape index (κ1) is 20.3. The third-order valence-corrected chi connectivity index (χ3v) is 5.45. The zero-order valence-corrected chi connectivity index (χ0v) is 17.4. The molecule has 0 radical (unpaired) electrons. The molecule has 164 valence electrons. The molecule has 0 aliphatic carbocycles. The number of hydrogen-bond donors (Lipinski definition) is 1. The second-order valence-electron chi connectivity index (χ2n) is 7.48. The Bertz CT molecular complexity index is 1350. The Morgan fingerprint density at radius 3 is 2.39 bits per heavy atom. The van der Waals surface area contributed by atoms with Crippen LogP contribution in [0.4, 0.5) is 17.1 Å². The number of nitro groups is 1. The molecule has 2 amide bonds. The fraction of sp³-hybridized carbons (Fsp3) is 0.0833. The van der Waals surface area contributed by atoms with Gasteiger partial charge in [-0.3, -0.25) is 19.7 Å². The molecular formula is C24H17N3O6. The first-order valence-corrected chi connectivity index (χ1v) is 10.0. The Balaban J connectivity index is 1.61. The van der Waals surface area contributed by atoms with Crippen molar-refractivity contribution in [3.8, 4) is 11.5 Å². The van der Waals surface area contributed by atoms with Gasteiger partial charge in [-0.05, 0) is 48.4 Å². The summed E-state index contributed by atoms with van der Waals surface area (Å²) in [5, 5.41) is 14.1. The number of imide groups is 1. The Morgan fingerprint density at radius 2 is 1.67 bits per heavy atom. The standard InChI is InChI=1S/C24H17N3O6/c1-14-4-2-3-5-18(14)26-23(28)21(15-6-9-17(10-7-15)27(30)31)22(24(26)29)25-16-8-11-19-20(12-16)33-13-32-19/h2-12,25H,13H2,1H3. The number of aryl methyl sites for hydroxylation is 1. The fourth-order valence-electron chi connectivity index (χ4n) is 3.82. The SMILES string of the molecule is Cc1ccccc1N1C(=O)C(Nc2ccc3c(c2)OCO3)=C(c2ccc([N+](=O)[O-])cc2)C1=O. The molecule has 1 N–H and O–H groups in total. The van der Waals surface area contributed by atoms with Gasteiger partial charge in [0.1, 0.15) is 5.70 Å². The van der Waals surface area contributed by atoms with E-state index in [4.69, 9.17) is 9.47 Å². The highest BCUT2D eigenvalue weighted by molar-refractivity contribution is 6.46. The highest BCUT2D eigenvalue weighted by atomic mass is 16.7. The van der Waals surface area contributed by atoms with Crippen LogP contribution >= 0.6 is 0 Å². The smallest absolute Gasteiger partial charge is 0.282 e. The summed E-state index contributed by atoms with van der Waals surface area (Å²) in [4.78, 5) is 38.6. The molecule has 5 rings (SSSR count). The number of rotatable bonds is 5. The summed E-state index contributed by atoms with van der Waals surface area (Å²) in [6, 6.07) is 17.7. The van der Waals surface area contributed by atoms with Gasteiger partial charge in [0, 0.05) is 23.9 Å². The molecule has 2 aliphatic heterocycles. The van der Waals surface area contributed by atoms with E-state index in [0.29, 0.717) is 28.4 Å². The zero-order valence-electron chi connectivity index (χ0n) is 17.4. The third-order valence-electron chi connectivity index (χ3n) is 5.45. The second-order valence-corrected chi connectivity index (χ2v) is 7.48. The van der Waals surface area contributed by atoms with Crippen LogP contribution in [0.1, 0.15) is 11.1 Å². The number of carbonyl (C=O) groups is 2. The summed E-state index contributed by atoms with van der Waals surface area (Å²) in [7, 11) is 0. The monoisotopic (exact) mass is 443 g/mol. The largest absolute Gasteiger partial charge is 0.454 e. The summed E-state index contributed by atoms with van der Waals surface area (Å²) in [6.45, 7) is 1.92. The Morgan fingerprint density at radius 1 is 0.939 bits per heavy atom. The van der Waals surface area contributed by atoms with Crippen LogP contribution in [0.2, 0.25) is 0 Å². The van der Waals surface area contributed by atoms with Gasteiger partial charge >= 0.3 is 0 Å². The number of anilines is 2. The molecule has 0 saturated heterocycles. The summed E-state index contributed by atoms with van der Waals surface area (Å²) >= 11 is 0. The van der Waals surface area contributed by atoms with E-state index >= 15 is 0 Å². The quantitative estimate of drug-likeness (QED) is 0.360. The van der Waals surface area contributed by atoms with Crippen molar-refractivity contribution in [2.75, 3.05) is 17.0 Å². The molecule has 0 bridgehead atoms. The van der Waals surface area contributed by atoms with E-state index < -0.39 is 16.7 Å². The molecule has 0 unspecified atom stereocenters. The molecule has 9 heteroatoms.